The van der Waals surface area contributed by atoms with Crippen LogP contribution in [0.5, 0.6) is 6.01 Å². The zero-order valence-electron chi connectivity index (χ0n) is 24.8. The molecule has 9 nitrogen and oxygen atoms in total. The van der Waals surface area contributed by atoms with E-state index in [4.69, 9.17) is 26.3 Å². The molecule has 1 saturated carbocycles. The summed E-state index contributed by atoms with van der Waals surface area (Å²) in [5.41, 5.74) is 2.50. The van der Waals surface area contributed by atoms with Crippen molar-refractivity contribution in [2.45, 2.75) is 43.8 Å². The summed E-state index contributed by atoms with van der Waals surface area (Å²) < 4.78 is 34.6. The monoisotopic (exact) mass is 621 g/mol. The Morgan fingerprint density at radius 3 is 2.70 bits per heavy atom. The van der Waals surface area contributed by atoms with E-state index in [-0.39, 0.29) is 29.5 Å². The fraction of sp³-hybridized carbons (Fsp3) is 0.438. The average Bonchev–Trinajstić information content (AvgIpc) is 3.82. The Morgan fingerprint density at radius 2 is 2.00 bits per heavy atom. The van der Waals surface area contributed by atoms with Crippen molar-refractivity contribution in [2.24, 2.45) is 0 Å². The van der Waals surface area contributed by atoms with Gasteiger partial charge in [0, 0.05) is 42.8 Å². The molecule has 6 rings (SSSR count). The van der Waals surface area contributed by atoms with Gasteiger partial charge in [-0.05, 0) is 50.9 Å². The van der Waals surface area contributed by atoms with Gasteiger partial charge >= 0.3 is 6.01 Å². The number of nitrogens with zero attached hydrogens (tertiary/aromatic N) is 7. The van der Waals surface area contributed by atoms with Gasteiger partial charge in [0.25, 0.3) is 5.91 Å². The summed E-state index contributed by atoms with van der Waals surface area (Å²) >= 11 is 6.47. The van der Waals surface area contributed by atoms with Crippen molar-refractivity contribution >= 4 is 39.8 Å². The number of carbonyl (C=O) groups excluding carboxylic acids is 1. The van der Waals surface area contributed by atoms with E-state index in [0.717, 1.165) is 35.2 Å². The van der Waals surface area contributed by atoms with E-state index in [2.05, 4.69) is 22.4 Å². The molecule has 1 saturated heterocycles. The summed E-state index contributed by atoms with van der Waals surface area (Å²) in [5.74, 6) is -1.62. The maximum Gasteiger partial charge on any atom is 0.318 e. The third-order valence-corrected chi connectivity index (χ3v) is 9.49. The fourth-order valence-electron chi connectivity index (χ4n) is 6.29. The van der Waals surface area contributed by atoms with Crippen LogP contribution in [0.4, 0.5) is 20.3 Å². The molecule has 2 fully saturated rings. The predicted octanol–water partition coefficient (Wildman–Crippen LogP) is 4.87. The molecule has 2 aliphatic heterocycles. The number of carbonyl (C=O) groups is 1. The molecule has 2 aromatic carbocycles. The molecule has 0 bridgehead atoms. The third-order valence-electron chi connectivity index (χ3n) is 9.12. The van der Waals surface area contributed by atoms with Crippen molar-refractivity contribution in [3.63, 3.8) is 0 Å². The highest BCUT2D eigenvalue weighted by atomic mass is 35.5. The normalized spacial score (nSPS) is 19.1. The molecule has 1 aliphatic carbocycles. The van der Waals surface area contributed by atoms with E-state index < -0.39 is 23.6 Å². The van der Waals surface area contributed by atoms with Crippen molar-refractivity contribution in [3.8, 4) is 12.1 Å². The quantitative estimate of drug-likeness (QED) is 0.329. The lowest BCUT2D eigenvalue weighted by molar-refractivity contribution is -0.131. The number of rotatable bonds is 8. The Bertz CT molecular complexity index is 1670. The van der Waals surface area contributed by atoms with Gasteiger partial charge in [0.1, 0.15) is 18.2 Å². The number of nitriles is 1. The third kappa shape index (κ3) is 5.53. The summed E-state index contributed by atoms with van der Waals surface area (Å²) in [6.45, 7) is 5.56. The van der Waals surface area contributed by atoms with Gasteiger partial charge in [0.15, 0.2) is 5.83 Å². The molecule has 44 heavy (non-hydrogen) atoms. The van der Waals surface area contributed by atoms with Crippen LogP contribution in [0.2, 0.25) is 5.02 Å². The molecule has 3 heterocycles. The summed E-state index contributed by atoms with van der Waals surface area (Å²) in [6, 6.07) is 10.7. The average molecular weight is 622 g/mol. The number of ether oxygens (including phenoxy) is 1. The first-order valence-electron chi connectivity index (χ1n) is 14.7. The standard InChI is InChI=1S/C32H34ClF2N7O2/c1-20(34)30(43)42-16-15-41(17-22(42)9-13-36)29-23-10-14-40(26-6-4-5-21-7-8-24(35)28(33)27(21)26)18-25(23)37-31(38-29)44-19-32(11-12-32)39(2)3/h4-8,22H,1,9-12,14-19H2,2-3H3. The van der Waals surface area contributed by atoms with Crippen LogP contribution in [-0.2, 0) is 17.8 Å². The molecule has 1 aromatic heterocycles. The number of piperazine rings is 1. The van der Waals surface area contributed by atoms with Crippen LogP contribution in [0.15, 0.2) is 42.7 Å². The van der Waals surface area contributed by atoms with Crippen molar-refractivity contribution in [1.82, 2.24) is 19.8 Å². The maximum atomic E-state index is 14.5. The van der Waals surface area contributed by atoms with E-state index in [1.165, 1.54) is 11.0 Å². The topological polar surface area (TPSA) is 88.8 Å². The minimum atomic E-state index is -1.04. The van der Waals surface area contributed by atoms with Crippen LogP contribution in [0.3, 0.4) is 0 Å². The minimum absolute atomic E-state index is 0.0453. The molecule has 1 amide bonds. The Labute approximate surface area is 260 Å². The molecule has 12 heteroatoms. The second kappa shape index (κ2) is 11.8. The van der Waals surface area contributed by atoms with Crippen LogP contribution in [0.1, 0.15) is 30.5 Å². The molecule has 230 valence electrons. The van der Waals surface area contributed by atoms with Crippen molar-refractivity contribution < 1.29 is 18.3 Å². The zero-order chi connectivity index (χ0) is 31.2. The van der Waals surface area contributed by atoms with E-state index in [9.17, 15) is 18.8 Å². The van der Waals surface area contributed by atoms with Crippen LogP contribution in [-0.4, -0.2) is 84.1 Å². The predicted molar refractivity (Wildman–Crippen MR) is 165 cm³/mol. The van der Waals surface area contributed by atoms with Crippen LogP contribution in [0.25, 0.3) is 10.8 Å². The van der Waals surface area contributed by atoms with Crippen LogP contribution < -0.4 is 14.5 Å². The second-order valence-electron chi connectivity index (χ2n) is 11.9. The number of benzene rings is 2. The molecule has 1 unspecified atom stereocenters. The fourth-order valence-corrected chi connectivity index (χ4v) is 6.56. The number of likely N-dealkylation sites (N-methyl/N-ethyl adjacent to an activating group) is 1. The Balaban J connectivity index is 1.36. The number of anilines is 2. The molecule has 3 aliphatic rings. The van der Waals surface area contributed by atoms with Gasteiger partial charge in [-0.2, -0.15) is 15.2 Å². The maximum absolute atomic E-state index is 14.5. The van der Waals surface area contributed by atoms with Crippen molar-refractivity contribution in [2.75, 3.05) is 56.7 Å². The van der Waals surface area contributed by atoms with Gasteiger partial charge in [-0.3, -0.25) is 4.79 Å². The molecule has 3 aromatic rings. The number of fused-ring (bicyclic) bond motifs is 2. The SMILES string of the molecule is C=C(F)C(=O)N1CCN(c2nc(OCC3(N(C)C)CC3)nc3c2CCN(c2cccc4ccc(F)c(Cl)c24)C3)CC1CC#N. The van der Waals surface area contributed by atoms with Gasteiger partial charge < -0.3 is 24.3 Å². The highest BCUT2D eigenvalue weighted by Gasteiger charge is 2.46. The number of amides is 1. The van der Waals surface area contributed by atoms with E-state index in [1.807, 2.05) is 37.2 Å². The number of aromatic nitrogens is 2. The molecule has 0 radical (unpaired) electrons. The Kier molecular flexibility index (Phi) is 8.07. The Morgan fingerprint density at radius 1 is 1.20 bits per heavy atom. The minimum Gasteiger partial charge on any atom is -0.461 e. The van der Waals surface area contributed by atoms with Crippen molar-refractivity contribution in [3.05, 3.63) is 64.8 Å². The van der Waals surface area contributed by atoms with Crippen LogP contribution in [0, 0.1) is 17.1 Å². The van der Waals surface area contributed by atoms with E-state index in [0.29, 0.717) is 50.4 Å². The van der Waals surface area contributed by atoms with E-state index >= 15 is 0 Å². The lowest BCUT2D eigenvalue weighted by atomic mass is 10.0. The first-order valence-corrected chi connectivity index (χ1v) is 15.1. The van der Waals surface area contributed by atoms with Gasteiger partial charge in [-0.1, -0.05) is 36.4 Å². The number of halogens is 3. The van der Waals surface area contributed by atoms with E-state index in [1.54, 1.807) is 6.07 Å². The lowest BCUT2D eigenvalue weighted by Gasteiger charge is -2.42. The first kappa shape index (κ1) is 30.0. The van der Waals surface area contributed by atoms with Gasteiger partial charge in [-0.25, -0.2) is 8.78 Å². The summed E-state index contributed by atoms with van der Waals surface area (Å²) in [6.07, 6.45) is 2.69. The summed E-state index contributed by atoms with van der Waals surface area (Å²) in [7, 11) is 4.07. The smallest absolute Gasteiger partial charge is 0.318 e. The second-order valence-corrected chi connectivity index (χ2v) is 12.3. The zero-order valence-corrected chi connectivity index (χ0v) is 25.6. The lowest BCUT2D eigenvalue weighted by Crippen LogP contribution is -2.55. The van der Waals surface area contributed by atoms with Gasteiger partial charge in [-0.15, -0.1) is 0 Å². The van der Waals surface area contributed by atoms with Gasteiger partial charge in [0.2, 0.25) is 0 Å². The molecule has 0 spiro atoms. The summed E-state index contributed by atoms with van der Waals surface area (Å²) in [5, 5.41) is 11.1. The van der Waals surface area contributed by atoms with Crippen molar-refractivity contribution in [1.29, 1.82) is 5.26 Å². The largest absolute Gasteiger partial charge is 0.461 e. The first-order chi connectivity index (χ1) is 21.1. The van der Waals surface area contributed by atoms with Crippen LogP contribution >= 0.6 is 11.6 Å². The molecular formula is C32H34ClF2N7O2. The Hall–Kier alpha value is -4.01. The van der Waals surface area contributed by atoms with Gasteiger partial charge in [0.05, 0.1) is 41.3 Å². The molecule has 0 N–H and O–H groups in total. The summed E-state index contributed by atoms with van der Waals surface area (Å²) in [4.78, 5) is 30.0. The number of hydrogen-bond acceptors (Lipinski definition) is 8. The molecular weight excluding hydrogens is 588 g/mol. The number of hydrogen-bond donors (Lipinski definition) is 0. The highest BCUT2D eigenvalue weighted by molar-refractivity contribution is 6.36. The molecule has 1 atom stereocenters. The highest BCUT2D eigenvalue weighted by Crippen LogP contribution is 2.41.